The maximum absolute atomic E-state index is 12.9. The van der Waals surface area contributed by atoms with E-state index < -0.39 is 23.6 Å². The number of halogens is 3. The Morgan fingerprint density at radius 3 is 2.41 bits per heavy atom. The molecule has 0 heterocycles. The Bertz CT molecular complexity index is 351. The van der Waals surface area contributed by atoms with E-state index in [1.165, 1.54) is 7.11 Å². The van der Waals surface area contributed by atoms with Gasteiger partial charge in [0, 0.05) is 20.2 Å². The summed E-state index contributed by atoms with van der Waals surface area (Å²) in [6.45, 7) is 1.06. The molecule has 6 heteroatoms. The van der Waals surface area contributed by atoms with Crippen molar-refractivity contribution in [2.45, 2.75) is 6.10 Å². The van der Waals surface area contributed by atoms with Crippen molar-refractivity contribution in [1.82, 2.24) is 5.32 Å². The van der Waals surface area contributed by atoms with E-state index in [1.807, 2.05) is 0 Å². The smallest absolute Gasteiger partial charge is 0.194 e. The Kier molecular flexibility index (Phi) is 5.40. The molecule has 1 rings (SSSR count). The average molecular weight is 249 g/mol. The maximum atomic E-state index is 12.9. The molecule has 1 unspecified atom stereocenters. The average Bonchev–Trinajstić information content (AvgIpc) is 2.30. The summed E-state index contributed by atoms with van der Waals surface area (Å²) in [6, 6.07) is 1.56. The van der Waals surface area contributed by atoms with E-state index in [4.69, 9.17) is 4.74 Å². The van der Waals surface area contributed by atoms with Gasteiger partial charge in [-0.3, -0.25) is 0 Å². The number of rotatable bonds is 6. The SMILES string of the molecule is COCCNCC(O)c1cc(F)c(F)c(F)c1. The Morgan fingerprint density at radius 2 is 1.88 bits per heavy atom. The largest absolute Gasteiger partial charge is 0.387 e. The molecule has 3 nitrogen and oxygen atoms in total. The lowest BCUT2D eigenvalue weighted by Gasteiger charge is -2.12. The van der Waals surface area contributed by atoms with Gasteiger partial charge in [0.25, 0.3) is 0 Å². The predicted octanol–water partition coefficient (Wildman–Crippen LogP) is 1.37. The molecule has 0 amide bonds. The maximum Gasteiger partial charge on any atom is 0.194 e. The second-order valence-electron chi connectivity index (χ2n) is 3.51. The van der Waals surface area contributed by atoms with Crippen LogP contribution in [0.1, 0.15) is 11.7 Å². The van der Waals surface area contributed by atoms with Gasteiger partial charge >= 0.3 is 0 Å². The van der Waals surface area contributed by atoms with Gasteiger partial charge in [-0.1, -0.05) is 0 Å². The van der Waals surface area contributed by atoms with Crippen LogP contribution in [0.4, 0.5) is 13.2 Å². The van der Waals surface area contributed by atoms with Gasteiger partial charge in [0.1, 0.15) is 0 Å². The molecule has 0 radical (unpaired) electrons. The number of benzene rings is 1. The summed E-state index contributed by atoms with van der Waals surface area (Å²) in [7, 11) is 1.53. The van der Waals surface area contributed by atoms with E-state index in [0.717, 1.165) is 12.1 Å². The van der Waals surface area contributed by atoms with Gasteiger partial charge in [0.05, 0.1) is 12.7 Å². The van der Waals surface area contributed by atoms with Gasteiger partial charge in [0.2, 0.25) is 0 Å². The second kappa shape index (κ2) is 6.58. The number of nitrogens with one attached hydrogen (secondary N) is 1. The second-order valence-corrected chi connectivity index (χ2v) is 3.51. The van der Waals surface area contributed by atoms with Gasteiger partial charge in [-0.15, -0.1) is 0 Å². The lowest BCUT2D eigenvalue weighted by molar-refractivity contribution is 0.160. The third-order valence-corrected chi connectivity index (χ3v) is 2.21. The van der Waals surface area contributed by atoms with Crippen LogP contribution in [0.2, 0.25) is 0 Å². The zero-order valence-corrected chi connectivity index (χ0v) is 9.34. The fourth-order valence-electron chi connectivity index (χ4n) is 1.30. The first-order valence-electron chi connectivity index (χ1n) is 5.08. The summed E-state index contributed by atoms with van der Waals surface area (Å²) in [5.74, 6) is -4.15. The van der Waals surface area contributed by atoms with Gasteiger partial charge in [0.15, 0.2) is 17.5 Å². The number of aliphatic hydroxyl groups is 1. The van der Waals surface area contributed by atoms with Crippen molar-refractivity contribution < 1.29 is 23.0 Å². The molecule has 0 bridgehead atoms. The molecule has 1 aromatic rings. The van der Waals surface area contributed by atoms with E-state index in [1.54, 1.807) is 0 Å². The van der Waals surface area contributed by atoms with E-state index in [-0.39, 0.29) is 12.1 Å². The van der Waals surface area contributed by atoms with Crippen LogP contribution >= 0.6 is 0 Å². The van der Waals surface area contributed by atoms with Crippen molar-refractivity contribution in [3.05, 3.63) is 35.1 Å². The monoisotopic (exact) mass is 249 g/mol. The van der Waals surface area contributed by atoms with Gasteiger partial charge in [-0.2, -0.15) is 0 Å². The van der Waals surface area contributed by atoms with E-state index in [2.05, 4.69) is 5.32 Å². The molecule has 17 heavy (non-hydrogen) atoms. The van der Waals surface area contributed by atoms with Crippen LogP contribution in [0.5, 0.6) is 0 Å². The first kappa shape index (κ1) is 14.0. The summed E-state index contributed by atoms with van der Waals surface area (Å²) in [5, 5.41) is 12.4. The Morgan fingerprint density at radius 1 is 1.29 bits per heavy atom. The lowest BCUT2D eigenvalue weighted by Crippen LogP contribution is -2.25. The van der Waals surface area contributed by atoms with Crippen molar-refractivity contribution in [3.8, 4) is 0 Å². The molecule has 2 N–H and O–H groups in total. The van der Waals surface area contributed by atoms with Crippen molar-refractivity contribution >= 4 is 0 Å². The molecule has 96 valence electrons. The van der Waals surface area contributed by atoms with Crippen LogP contribution in [0.15, 0.2) is 12.1 Å². The number of methoxy groups -OCH3 is 1. The van der Waals surface area contributed by atoms with Crippen LogP contribution in [0.25, 0.3) is 0 Å². The molecule has 0 saturated carbocycles. The van der Waals surface area contributed by atoms with Gasteiger partial charge in [-0.05, 0) is 17.7 Å². The van der Waals surface area contributed by atoms with Crippen LogP contribution in [-0.4, -0.2) is 31.9 Å². The highest BCUT2D eigenvalue weighted by molar-refractivity contribution is 5.21. The van der Waals surface area contributed by atoms with Crippen molar-refractivity contribution in [2.75, 3.05) is 26.8 Å². The number of hydrogen-bond donors (Lipinski definition) is 2. The predicted molar refractivity (Wildman–Crippen MR) is 56.0 cm³/mol. The molecule has 0 aliphatic carbocycles. The number of hydrogen-bond acceptors (Lipinski definition) is 3. The topological polar surface area (TPSA) is 41.5 Å². The minimum atomic E-state index is -1.53. The molecule has 1 atom stereocenters. The minimum Gasteiger partial charge on any atom is -0.387 e. The molecule has 0 aromatic heterocycles. The number of aliphatic hydroxyl groups excluding tert-OH is 1. The highest BCUT2D eigenvalue weighted by atomic mass is 19.2. The first-order valence-corrected chi connectivity index (χ1v) is 5.08. The Labute approximate surface area is 97.2 Å². The summed E-state index contributed by atoms with van der Waals surface area (Å²) >= 11 is 0. The van der Waals surface area contributed by atoms with E-state index in [9.17, 15) is 18.3 Å². The third-order valence-electron chi connectivity index (χ3n) is 2.21. The fraction of sp³-hybridized carbons (Fsp3) is 0.455. The van der Waals surface area contributed by atoms with Crippen LogP contribution < -0.4 is 5.32 Å². The van der Waals surface area contributed by atoms with E-state index in [0.29, 0.717) is 13.2 Å². The van der Waals surface area contributed by atoms with Gasteiger partial charge < -0.3 is 15.2 Å². The van der Waals surface area contributed by atoms with Crippen LogP contribution in [0, 0.1) is 17.5 Å². The third kappa shape index (κ3) is 3.99. The Hall–Kier alpha value is -1.11. The zero-order valence-electron chi connectivity index (χ0n) is 9.34. The molecule has 0 saturated heterocycles. The molecular weight excluding hydrogens is 235 g/mol. The Balaban J connectivity index is 2.60. The summed E-state index contributed by atoms with van der Waals surface area (Å²) in [4.78, 5) is 0. The van der Waals surface area contributed by atoms with Gasteiger partial charge in [-0.25, -0.2) is 13.2 Å². The van der Waals surface area contributed by atoms with Crippen molar-refractivity contribution in [3.63, 3.8) is 0 Å². The normalized spacial score (nSPS) is 12.8. The molecule has 0 aliphatic rings. The summed E-state index contributed by atoms with van der Waals surface area (Å²) < 4.78 is 43.2. The van der Waals surface area contributed by atoms with Crippen LogP contribution in [0.3, 0.4) is 0 Å². The number of ether oxygens (including phenoxy) is 1. The molecule has 0 spiro atoms. The first-order chi connectivity index (χ1) is 8.06. The quantitative estimate of drug-likeness (QED) is 0.591. The summed E-state index contributed by atoms with van der Waals surface area (Å²) in [5.41, 5.74) is -0.00804. The highest BCUT2D eigenvalue weighted by Gasteiger charge is 2.15. The molecule has 0 fully saturated rings. The highest BCUT2D eigenvalue weighted by Crippen LogP contribution is 2.18. The molecule has 0 aliphatic heterocycles. The lowest BCUT2D eigenvalue weighted by atomic mass is 10.1. The van der Waals surface area contributed by atoms with Crippen molar-refractivity contribution in [1.29, 1.82) is 0 Å². The van der Waals surface area contributed by atoms with Crippen molar-refractivity contribution in [2.24, 2.45) is 0 Å². The molecular formula is C11H14F3NO2. The zero-order chi connectivity index (χ0) is 12.8. The summed E-state index contributed by atoms with van der Waals surface area (Å²) in [6.07, 6.45) is -1.10. The fourth-order valence-corrected chi connectivity index (χ4v) is 1.30. The standard InChI is InChI=1S/C11H14F3NO2/c1-17-3-2-15-6-10(16)7-4-8(12)11(14)9(13)5-7/h4-5,10,15-16H,2-3,6H2,1H3. The molecule has 1 aromatic carbocycles. The van der Waals surface area contributed by atoms with Crippen LogP contribution in [-0.2, 0) is 4.74 Å². The van der Waals surface area contributed by atoms with E-state index >= 15 is 0 Å². The minimum absolute atomic E-state index is 0.00804.